The molecule has 1 aromatic heterocycles. The number of rotatable bonds is 6. The second kappa shape index (κ2) is 6.47. The van der Waals surface area contributed by atoms with Gasteiger partial charge in [-0.3, -0.25) is 0 Å². The Morgan fingerprint density at radius 3 is 2.94 bits per heavy atom. The van der Waals surface area contributed by atoms with Gasteiger partial charge in [0.15, 0.2) is 0 Å². The van der Waals surface area contributed by atoms with Crippen molar-refractivity contribution in [2.75, 3.05) is 12.4 Å². The molecule has 88 valence electrons. The molecule has 1 atom stereocenters. The maximum absolute atomic E-state index is 10.6. The first-order chi connectivity index (χ1) is 7.63. The minimum atomic E-state index is -1.05. The van der Waals surface area contributed by atoms with Gasteiger partial charge in [-0.25, -0.2) is 9.78 Å². The maximum Gasteiger partial charge on any atom is 0.354 e. The molecule has 0 aliphatic rings. The van der Waals surface area contributed by atoms with Crippen molar-refractivity contribution in [1.29, 1.82) is 0 Å². The lowest BCUT2D eigenvalue weighted by Gasteiger charge is -2.06. The summed E-state index contributed by atoms with van der Waals surface area (Å²) in [6.45, 7) is -0.260. The van der Waals surface area contributed by atoms with Crippen molar-refractivity contribution < 1.29 is 20.1 Å². The first-order valence-corrected chi connectivity index (χ1v) is 5.84. The number of carboxylic acids is 1. The zero-order chi connectivity index (χ0) is 12.0. The minimum absolute atomic E-state index is 0.0146. The predicted octanol–water partition coefficient (Wildman–Crippen LogP) is 0.366. The van der Waals surface area contributed by atoms with Crippen LogP contribution in [0.25, 0.3) is 0 Å². The van der Waals surface area contributed by atoms with Gasteiger partial charge < -0.3 is 15.3 Å². The summed E-state index contributed by atoms with van der Waals surface area (Å²) in [5.41, 5.74) is 0.850. The second-order valence-electron chi connectivity index (χ2n) is 3.21. The fourth-order valence-electron chi connectivity index (χ4n) is 1.05. The molecule has 0 amide bonds. The highest BCUT2D eigenvalue weighted by atomic mass is 32.2. The van der Waals surface area contributed by atoms with Crippen LogP contribution >= 0.6 is 11.8 Å². The van der Waals surface area contributed by atoms with Crippen LogP contribution in [0.3, 0.4) is 0 Å². The molecule has 0 spiro atoms. The molecule has 16 heavy (non-hydrogen) atoms. The average molecular weight is 243 g/mol. The van der Waals surface area contributed by atoms with E-state index in [4.69, 9.17) is 15.3 Å². The van der Waals surface area contributed by atoms with Crippen LogP contribution in [0, 0.1) is 0 Å². The number of aliphatic hydroxyl groups excluding tert-OH is 2. The van der Waals surface area contributed by atoms with Gasteiger partial charge >= 0.3 is 5.97 Å². The number of nitrogens with zero attached hydrogens (tertiary/aromatic N) is 1. The maximum atomic E-state index is 10.6. The summed E-state index contributed by atoms with van der Waals surface area (Å²) in [5.74, 6) is -0.0524. The fourth-order valence-corrected chi connectivity index (χ4v) is 1.96. The monoisotopic (exact) mass is 243 g/mol. The Balaban J connectivity index is 2.48. The van der Waals surface area contributed by atoms with Gasteiger partial charge in [-0.2, -0.15) is 11.8 Å². The summed E-state index contributed by atoms with van der Waals surface area (Å²) in [6, 6.07) is 3.23. The van der Waals surface area contributed by atoms with Crippen LogP contribution in [0.5, 0.6) is 0 Å². The van der Waals surface area contributed by atoms with E-state index in [2.05, 4.69) is 4.98 Å². The lowest BCUT2D eigenvalue weighted by molar-refractivity contribution is 0.0690. The largest absolute Gasteiger partial charge is 0.477 e. The smallest absolute Gasteiger partial charge is 0.354 e. The van der Waals surface area contributed by atoms with Crippen molar-refractivity contribution in [2.45, 2.75) is 11.9 Å². The number of hydrogen-bond donors (Lipinski definition) is 3. The Kier molecular flexibility index (Phi) is 5.24. The summed E-state index contributed by atoms with van der Waals surface area (Å²) in [5, 5.41) is 26.4. The molecular formula is C10H13NO4S. The molecule has 0 bridgehead atoms. The van der Waals surface area contributed by atoms with Crippen molar-refractivity contribution in [3.05, 3.63) is 29.6 Å². The van der Waals surface area contributed by atoms with E-state index in [-0.39, 0.29) is 12.3 Å². The van der Waals surface area contributed by atoms with E-state index in [0.29, 0.717) is 11.5 Å². The molecule has 1 rings (SSSR count). The number of hydrogen-bond acceptors (Lipinski definition) is 5. The van der Waals surface area contributed by atoms with E-state index in [9.17, 15) is 4.79 Å². The van der Waals surface area contributed by atoms with Crippen LogP contribution < -0.4 is 0 Å². The first kappa shape index (κ1) is 13.0. The second-order valence-corrected chi connectivity index (χ2v) is 4.24. The molecule has 1 heterocycles. The Morgan fingerprint density at radius 2 is 2.31 bits per heavy atom. The van der Waals surface area contributed by atoms with E-state index in [1.165, 1.54) is 24.0 Å². The van der Waals surface area contributed by atoms with Crippen molar-refractivity contribution >= 4 is 17.7 Å². The number of aliphatic hydroxyl groups is 2. The third-order valence-corrected chi connectivity index (χ3v) is 2.99. The molecule has 5 nitrogen and oxygen atoms in total. The van der Waals surface area contributed by atoms with E-state index >= 15 is 0 Å². The Hall–Kier alpha value is -1.11. The third-order valence-electron chi connectivity index (χ3n) is 1.83. The van der Waals surface area contributed by atoms with Crippen LogP contribution in [0.4, 0.5) is 0 Å². The zero-order valence-corrected chi connectivity index (χ0v) is 9.35. The van der Waals surface area contributed by atoms with Crippen molar-refractivity contribution in [1.82, 2.24) is 4.98 Å². The first-order valence-electron chi connectivity index (χ1n) is 4.68. The average Bonchev–Trinajstić information content (AvgIpc) is 2.29. The molecule has 0 aliphatic carbocycles. The topological polar surface area (TPSA) is 90.7 Å². The minimum Gasteiger partial charge on any atom is -0.477 e. The van der Waals surface area contributed by atoms with Crippen LogP contribution in [0.1, 0.15) is 16.1 Å². The van der Waals surface area contributed by atoms with Crippen LogP contribution in [-0.4, -0.2) is 44.7 Å². The number of carboxylic acid groups (broad SMARTS) is 1. The van der Waals surface area contributed by atoms with Crippen molar-refractivity contribution in [3.63, 3.8) is 0 Å². The SMILES string of the molecule is O=C(O)c1cc(CSCC(O)CO)ccn1. The fraction of sp³-hybridized carbons (Fsp3) is 0.400. The van der Waals surface area contributed by atoms with Gasteiger partial charge in [-0.15, -0.1) is 0 Å². The van der Waals surface area contributed by atoms with E-state index in [1.807, 2.05) is 0 Å². The summed E-state index contributed by atoms with van der Waals surface area (Å²) in [7, 11) is 0. The number of carbonyl (C=O) groups is 1. The highest BCUT2D eigenvalue weighted by Gasteiger charge is 2.06. The number of aromatic carboxylic acids is 1. The van der Waals surface area contributed by atoms with Gasteiger partial charge in [-0.05, 0) is 17.7 Å². The molecule has 0 aliphatic heterocycles. The van der Waals surface area contributed by atoms with Crippen LogP contribution in [-0.2, 0) is 5.75 Å². The Labute approximate surface area is 97.1 Å². The standard InChI is InChI=1S/C10H13NO4S/c12-4-8(13)6-16-5-7-1-2-11-9(3-7)10(14)15/h1-3,8,12-13H,4-6H2,(H,14,15). The van der Waals surface area contributed by atoms with Gasteiger partial charge in [-0.1, -0.05) is 0 Å². The Morgan fingerprint density at radius 1 is 1.56 bits per heavy atom. The van der Waals surface area contributed by atoms with Gasteiger partial charge in [0, 0.05) is 17.7 Å². The summed E-state index contributed by atoms with van der Waals surface area (Å²) >= 11 is 1.43. The molecule has 6 heteroatoms. The van der Waals surface area contributed by atoms with E-state index < -0.39 is 12.1 Å². The van der Waals surface area contributed by atoms with Gasteiger partial charge in [0.05, 0.1) is 12.7 Å². The normalized spacial score (nSPS) is 12.4. The molecule has 0 saturated carbocycles. The number of pyridine rings is 1. The molecule has 1 unspecified atom stereocenters. The molecular weight excluding hydrogens is 230 g/mol. The molecule has 0 fully saturated rings. The van der Waals surface area contributed by atoms with Gasteiger partial charge in [0.2, 0.25) is 0 Å². The van der Waals surface area contributed by atoms with E-state index in [0.717, 1.165) is 5.56 Å². The van der Waals surface area contributed by atoms with Crippen molar-refractivity contribution in [3.8, 4) is 0 Å². The molecule has 3 N–H and O–H groups in total. The summed E-state index contributed by atoms with van der Waals surface area (Å²) in [6.07, 6.45) is 0.715. The van der Waals surface area contributed by atoms with Crippen molar-refractivity contribution in [2.24, 2.45) is 0 Å². The molecule has 0 aromatic carbocycles. The van der Waals surface area contributed by atoms with Crippen LogP contribution in [0.15, 0.2) is 18.3 Å². The Bertz CT molecular complexity index is 358. The zero-order valence-electron chi connectivity index (χ0n) is 8.54. The summed E-state index contributed by atoms with van der Waals surface area (Å²) < 4.78 is 0. The number of aromatic nitrogens is 1. The highest BCUT2D eigenvalue weighted by molar-refractivity contribution is 7.98. The lowest BCUT2D eigenvalue weighted by Crippen LogP contribution is -2.14. The van der Waals surface area contributed by atoms with Crippen LogP contribution in [0.2, 0.25) is 0 Å². The quantitative estimate of drug-likeness (QED) is 0.668. The van der Waals surface area contributed by atoms with Gasteiger partial charge in [0.1, 0.15) is 5.69 Å². The molecule has 0 radical (unpaired) electrons. The summed E-state index contributed by atoms with van der Waals surface area (Å²) in [4.78, 5) is 14.3. The lowest BCUT2D eigenvalue weighted by atomic mass is 10.2. The molecule has 0 saturated heterocycles. The third kappa shape index (κ3) is 4.18. The molecule has 1 aromatic rings. The number of thioether (sulfide) groups is 1. The predicted molar refractivity (Wildman–Crippen MR) is 60.5 cm³/mol. The van der Waals surface area contributed by atoms with Gasteiger partial charge in [0.25, 0.3) is 0 Å². The highest BCUT2D eigenvalue weighted by Crippen LogP contribution is 2.13. The van der Waals surface area contributed by atoms with E-state index in [1.54, 1.807) is 6.07 Å².